The van der Waals surface area contributed by atoms with Crippen LogP contribution in [0.2, 0.25) is 0 Å². The monoisotopic (exact) mass is 303 g/mol. The second-order valence-corrected chi connectivity index (χ2v) is 6.13. The summed E-state index contributed by atoms with van der Waals surface area (Å²) in [6.45, 7) is 4.49. The second-order valence-electron chi connectivity index (χ2n) is 6.13. The third kappa shape index (κ3) is 2.96. The lowest BCUT2D eigenvalue weighted by Crippen LogP contribution is -2.36. The maximum atomic E-state index is 12.5. The zero-order valence-electron chi connectivity index (χ0n) is 13.5. The predicted octanol–water partition coefficient (Wildman–Crippen LogP) is 1.99. The molecular weight excluding hydrogens is 278 g/mol. The molecule has 5 nitrogen and oxygen atoms in total. The van der Waals surface area contributed by atoms with Crippen LogP contribution in [0.15, 0.2) is 24.3 Å². The van der Waals surface area contributed by atoms with Crippen molar-refractivity contribution in [1.82, 2.24) is 9.96 Å². The van der Waals surface area contributed by atoms with Gasteiger partial charge in [0.2, 0.25) is 0 Å². The van der Waals surface area contributed by atoms with E-state index < -0.39 is 0 Å². The average molecular weight is 303 g/mol. The van der Waals surface area contributed by atoms with E-state index in [-0.39, 0.29) is 5.91 Å². The Morgan fingerprint density at radius 1 is 1.23 bits per heavy atom. The number of nitrogens with zero attached hydrogens (tertiary/aromatic N) is 3. The predicted molar refractivity (Wildman–Crippen MR) is 87.0 cm³/mol. The van der Waals surface area contributed by atoms with Gasteiger partial charge in [-0.15, -0.1) is 0 Å². The molecule has 0 radical (unpaired) electrons. The number of likely N-dealkylation sites (tertiary alicyclic amines) is 1. The Morgan fingerprint density at radius 3 is 2.68 bits per heavy atom. The first-order valence-electron chi connectivity index (χ1n) is 8.11. The van der Waals surface area contributed by atoms with Crippen LogP contribution >= 0.6 is 0 Å². The largest absolute Gasteiger partial charge is 0.369 e. The molecule has 5 heteroatoms. The highest BCUT2D eigenvalue weighted by atomic mass is 16.7. The van der Waals surface area contributed by atoms with Gasteiger partial charge < -0.3 is 4.90 Å². The maximum absolute atomic E-state index is 12.5. The van der Waals surface area contributed by atoms with Crippen LogP contribution in [0.4, 0.5) is 5.69 Å². The van der Waals surface area contributed by atoms with E-state index in [1.807, 2.05) is 24.3 Å². The summed E-state index contributed by atoms with van der Waals surface area (Å²) >= 11 is 0. The molecule has 1 aromatic carbocycles. The van der Waals surface area contributed by atoms with E-state index in [2.05, 4.69) is 9.80 Å². The Hall–Kier alpha value is -1.59. The van der Waals surface area contributed by atoms with Crippen molar-refractivity contribution in [2.45, 2.75) is 25.3 Å². The molecule has 0 bridgehead atoms. The molecular formula is C17H25N3O2. The molecule has 2 heterocycles. The number of amides is 1. The summed E-state index contributed by atoms with van der Waals surface area (Å²) in [6, 6.07) is 8.47. The van der Waals surface area contributed by atoms with Gasteiger partial charge in [-0.3, -0.25) is 14.5 Å². The Balaban J connectivity index is 1.76. The van der Waals surface area contributed by atoms with Crippen molar-refractivity contribution in [3.05, 3.63) is 29.8 Å². The summed E-state index contributed by atoms with van der Waals surface area (Å²) in [5.74, 6) is -0.0947. The zero-order valence-corrected chi connectivity index (χ0v) is 13.5. The fourth-order valence-corrected chi connectivity index (χ4v) is 3.55. The molecule has 22 heavy (non-hydrogen) atoms. The Kier molecular flexibility index (Phi) is 4.64. The molecule has 0 spiro atoms. The van der Waals surface area contributed by atoms with Gasteiger partial charge in [0.05, 0.1) is 12.7 Å². The third-order valence-electron chi connectivity index (χ3n) is 4.86. The van der Waals surface area contributed by atoms with Crippen LogP contribution in [0.3, 0.4) is 0 Å². The van der Waals surface area contributed by atoms with Gasteiger partial charge in [-0.25, -0.2) is 5.06 Å². The highest BCUT2D eigenvalue weighted by Gasteiger charge is 2.31. The van der Waals surface area contributed by atoms with Gasteiger partial charge in [-0.2, -0.15) is 0 Å². The van der Waals surface area contributed by atoms with Crippen LogP contribution in [-0.4, -0.2) is 62.2 Å². The number of carbonyl (C=O) groups excluding carboxylic acids is 1. The quantitative estimate of drug-likeness (QED) is 0.797. The Labute approximate surface area is 132 Å². The van der Waals surface area contributed by atoms with Crippen LogP contribution in [0.5, 0.6) is 0 Å². The lowest BCUT2D eigenvalue weighted by Gasteiger charge is -2.26. The molecule has 1 aromatic rings. The van der Waals surface area contributed by atoms with Crippen molar-refractivity contribution in [1.29, 1.82) is 0 Å². The van der Waals surface area contributed by atoms with E-state index in [0.29, 0.717) is 11.6 Å². The van der Waals surface area contributed by atoms with Crippen LogP contribution < -0.4 is 4.90 Å². The van der Waals surface area contributed by atoms with E-state index in [4.69, 9.17) is 4.84 Å². The Morgan fingerprint density at radius 2 is 1.95 bits per heavy atom. The number of rotatable bonds is 4. The maximum Gasteiger partial charge on any atom is 0.279 e. The highest BCUT2D eigenvalue weighted by Crippen LogP contribution is 2.28. The summed E-state index contributed by atoms with van der Waals surface area (Å²) in [7, 11) is 3.16. The zero-order chi connectivity index (χ0) is 15.5. The SMILES string of the molecule is CON(C)C(=O)c1ccccc1N1CC[C@@H](N2CCCC2)C1. The van der Waals surface area contributed by atoms with Crippen molar-refractivity contribution >= 4 is 11.6 Å². The van der Waals surface area contributed by atoms with Crippen molar-refractivity contribution in [2.24, 2.45) is 0 Å². The van der Waals surface area contributed by atoms with Gasteiger partial charge in [-0.1, -0.05) is 12.1 Å². The van der Waals surface area contributed by atoms with E-state index in [0.717, 1.165) is 18.8 Å². The van der Waals surface area contributed by atoms with Crippen LogP contribution in [0.1, 0.15) is 29.6 Å². The lowest BCUT2D eigenvalue weighted by atomic mass is 10.1. The molecule has 2 fully saturated rings. The molecule has 120 valence electrons. The fraction of sp³-hybridized carbons (Fsp3) is 0.588. The van der Waals surface area contributed by atoms with Crippen molar-refractivity contribution in [3.63, 3.8) is 0 Å². The minimum atomic E-state index is -0.0947. The van der Waals surface area contributed by atoms with Crippen LogP contribution in [0.25, 0.3) is 0 Å². The van der Waals surface area contributed by atoms with Gasteiger partial charge in [0.1, 0.15) is 0 Å². The summed E-state index contributed by atoms with van der Waals surface area (Å²) in [6.07, 6.45) is 3.83. The summed E-state index contributed by atoms with van der Waals surface area (Å²) in [5, 5.41) is 1.28. The molecule has 0 unspecified atom stereocenters. The van der Waals surface area contributed by atoms with Crippen LogP contribution in [0, 0.1) is 0 Å². The fourth-order valence-electron chi connectivity index (χ4n) is 3.55. The standard InChI is InChI=1S/C17H25N3O2/c1-18(22-2)17(21)15-7-3-4-8-16(15)20-12-9-14(13-20)19-10-5-6-11-19/h3-4,7-8,14H,5-6,9-13H2,1-2H3/t14-/m1/s1. The first-order chi connectivity index (χ1) is 10.7. The molecule has 2 saturated heterocycles. The minimum absolute atomic E-state index is 0.0947. The third-order valence-corrected chi connectivity index (χ3v) is 4.86. The van der Waals surface area contributed by atoms with Gasteiger partial charge in [-0.05, 0) is 44.5 Å². The Bertz CT molecular complexity index is 528. The van der Waals surface area contributed by atoms with E-state index >= 15 is 0 Å². The normalized spacial score (nSPS) is 22.3. The highest BCUT2D eigenvalue weighted by molar-refractivity contribution is 5.99. The van der Waals surface area contributed by atoms with Crippen molar-refractivity contribution in [3.8, 4) is 0 Å². The van der Waals surface area contributed by atoms with Gasteiger partial charge in [0, 0.05) is 31.9 Å². The van der Waals surface area contributed by atoms with Gasteiger partial charge >= 0.3 is 0 Å². The molecule has 1 atom stereocenters. The molecule has 1 amide bonds. The van der Waals surface area contributed by atoms with Crippen LogP contribution in [-0.2, 0) is 4.84 Å². The molecule has 2 aliphatic heterocycles. The topological polar surface area (TPSA) is 36.0 Å². The lowest BCUT2D eigenvalue weighted by molar-refractivity contribution is -0.0756. The van der Waals surface area contributed by atoms with E-state index in [9.17, 15) is 4.79 Å². The van der Waals surface area contributed by atoms with Gasteiger partial charge in [0.15, 0.2) is 0 Å². The van der Waals surface area contributed by atoms with Gasteiger partial charge in [0.25, 0.3) is 5.91 Å². The molecule has 0 N–H and O–H groups in total. The second kappa shape index (κ2) is 6.67. The molecule has 2 aliphatic rings. The number of para-hydroxylation sites is 1. The smallest absolute Gasteiger partial charge is 0.279 e. The number of carbonyl (C=O) groups is 1. The number of benzene rings is 1. The molecule has 0 saturated carbocycles. The number of hydrogen-bond acceptors (Lipinski definition) is 4. The first-order valence-corrected chi connectivity index (χ1v) is 8.11. The summed E-state index contributed by atoms with van der Waals surface area (Å²) in [5.41, 5.74) is 1.74. The summed E-state index contributed by atoms with van der Waals surface area (Å²) < 4.78 is 0. The molecule has 3 rings (SSSR count). The molecule has 0 aliphatic carbocycles. The summed E-state index contributed by atoms with van der Waals surface area (Å²) in [4.78, 5) is 22.4. The first kappa shape index (κ1) is 15.3. The van der Waals surface area contributed by atoms with E-state index in [1.165, 1.54) is 44.5 Å². The minimum Gasteiger partial charge on any atom is -0.369 e. The number of hydroxylamine groups is 2. The molecule has 0 aromatic heterocycles. The average Bonchev–Trinajstić information content (AvgIpc) is 3.24. The number of anilines is 1. The van der Waals surface area contributed by atoms with E-state index in [1.54, 1.807) is 7.05 Å². The van der Waals surface area contributed by atoms with Crippen molar-refractivity contribution in [2.75, 3.05) is 45.2 Å². The van der Waals surface area contributed by atoms with Crippen molar-refractivity contribution < 1.29 is 9.63 Å². The number of hydrogen-bond donors (Lipinski definition) is 0.